The molecule has 7 heteroatoms. The van der Waals surface area contributed by atoms with Gasteiger partial charge in [0, 0.05) is 18.3 Å². The van der Waals surface area contributed by atoms with E-state index in [-0.39, 0.29) is 11.3 Å². The summed E-state index contributed by atoms with van der Waals surface area (Å²) in [7, 11) is 3.91. The van der Waals surface area contributed by atoms with Crippen LogP contribution in [0.4, 0.5) is 0 Å². The first-order valence-corrected chi connectivity index (χ1v) is 10.5. The number of aliphatic hydroxyl groups excluding tert-OH is 1. The number of amides is 1. The quantitative estimate of drug-likeness (QED) is 0.379. The molecule has 164 valence electrons. The lowest BCUT2D eigenvalue weighted by molar-refractivity contribution is -0.140. The van der Waals surface area contributed by atoms with Gasteiger partial charge in [0.2, 0.25) is 0 Å². The topological polar surface area (TPSA) is 83.0 Å². The third-order valence-electron chi connectivity index (χ3n) is 5.09. The first-order chi connectivity index (χ1) is 14.9. The van der Waals surface area contributed by atoms with Crippen LogP contribution in [0.15, 0.2) is 54.2 Å². The van der Waals surface area contributed by atoms with E-state index >= 15 is 0 Å². The SMILES string of the molecule is CCCOc1cccc(/C(O)=C2/C(=O)C(=O)N(CCCN(C)C)C2c2ccccn2)c1. The molecule has 0 aliphatic carbocycles. The van der Waals surface area contributed by atoms with Crippen molar-refractivity contribution in [2.24, 2.45) is 0 Å². The van der Waals surface area contributed by atoms with Crippen LogP contribution in [0.25, 0.3) is 5.76 Å². The minimum atomic E-state index is -0.733. The van der Waals surface area contributed by atoms with Gasteiger partial charge >= 0.3 is 0 Å². The fourth-order valence-corrected chi connectivity index (χ4v) is 3.62. The van der Waals surface area contributed by atoms with Crippen molar-refractivity contribution in [2.75, 3.05) is 33.8 Å². The van der Waals surface area contributed by atoms with Crippen molar-refractivity contribution in [3.63, 3.8) is 0 Å². The molecule has 1 aromatic heterocycles. The van der Waals surface area contributed by atoms with Gasteiger partial charge in [0.25, 0.3) is 11.7 Å². The summed E-state index contributed by atoms with van der Waals surface area (Å²) in [4.78, 5) is 33.8. The summed E-state index contributed by atoms with van der Waals surface area (Å²) in [5, 5.41) is 11.1. The predicted octanol–water partition coefficient (Wildman–Crippen LogP) is 3.24. The van der Waals surface area contributed by atoms with Gasteiger partial charge in [-0.05, 0) is 57.7 Å². The number of hydrogen-bond acceptors (Lipinski definition) is 6. The second-order valence-electron chi connectivity index (χ2n) is 7.78. The highest BCUT2D eigenvalue weighted by Gasteiger charge is 2.46. The lowest BCUT2D eigenvalue weighted by Gasteiger charge is -2.25. The molecule has 0 bridgehead atoms. The molecule has 31 heavy (non-hydrogen) atoms. The van der Waals surface area contributed by atoms with E-state index in [9.17, 15) is 14.7 Å². The van der Waals surface area contributed by atoms with E-state index in [1.54, 1.807) is 42.6 Å². The van der Waals surface area contributed by atoms with Crippen LogP contribution in [-0.2, 0) is 9.59 Å². The number of carbonyl (C=O) groups is 2. The number of ketones is 1. The van der Waals surface area contributed by atoms with Crippen molar-refractivity contribution in [2.45, 2.75) is 25.8 Å². The molecule has 2 heterocycles. The van der Waals surface area contributed by atoms with Crippen molar-refractivity contribution in [3.05, 3.63) is 65.5 Å². The van der Waals surface area contributed by atoms with Crippen LogP contribution in [0.5, 0.6) is 5.75 Å². The van der Waals surface area contributed by atoms with Crippen LogP contribution in [0.1, 0.15) is 37.1 Å². The van der Waals surface area contributed by atoms with E-state index in [4.69, 9.17) is 4.74 Å². The number of aliphatic hydroxyl groups is 1. The second-order valence-corrected chi connectivity index (χ2v) is 7.78. The van der Waals surface area contributed by atoms with Crippen molar-refractivity contribution < 1.29 is 19.4 Å². The lowest BCUT2D eigenvalue weighted by atomic mass is 9.98. The second kappa shape index (κ2) is 10.2. The molecule has 0 radical (unpaired) electrons. The predicted molar refractivity (Wildman–Crippen MR) is 119 cm³/mol. The summed E-state index contributed by atoms with van der Waals surface area (Å²) in [5.74, 6) is -0.932. The smallest absolute Gasteiger partial charge is 0.295 e. The number of Topliss-reactive ketones (excluding diaryl/α,β-unsaturated/α-hetero) is 1. The first kappa shape index (κ1) is 22.5. The Kier molecular flexibility index (Phi) is 7.41. The Morgan fingerprint density at radius 3 is 2.68 bits per heavy atom. The van der Waals surface area contributed by atoms with E-state index < -0.39 is 17.7 Å². The molecule has 1 N–H and O–H groups in total. The largest absolute Gasteiger partial charge is 0.507 e. The number of likely N-dealkylation sites (tertiary alicyclic amines) is 1. The average Bonchev–Trinajstić information content (AvgIpc) is 3.02. The number of pyridine rings is 1. The zero-order valence-corrected chi connectivity index (χ0v) is 18.2. The molecule has 1 unspecified atom stereocenters. The third-order valence-corrected chi connectivity index (χ3v) is 5.09. The summed E-state index contributed by atoms with van der Waals surface area (Å²) in [6.45, 7) is 3.72. The molecule has 3 rings (SSSR count). The molecule has 1 fully saturated rings. The van der Waals surface area contributed by atoms with E-state index in [1.807, 2.05) is 32.0 Å². The van der Waals surface area contributed by atoms with E-state index in [2.05, 4.69) is 4.98 Å². The van der Waals surface area contributed by atoms with Gasteiger partial charge in [-0.1, -0.05) is 25.1 Å². The molecular weight excluding hydrogens is 394 g/mol. The van der Waals surface area contributed by atoms with Crippen LogP contribution in [0.3, 0.4) is 0 Å². The lowest BCUT2D eigenvalue weighted by Crippen LogP contribution is -2.32. The number of nitrogens with zero attached hydrogens (tertiary/aromatic N) is 3. The summed E-state index contributed by atoms with van der Waals surface area (Å²) in [6.07, 6.45) is 3.17. The zero-order valence-electron chi connectivity index (χ0n) is 18.2. The Morgan fingerprint density at radius 1 is 1.19 bits per heavy atom. The van der Waals surface area contributed by atoms with Crippen LogP contribution in [0.2, 0.25) is 0 Å². The Morgan fingerprint density at radius 2 is 2.00 bits per heavy atom. The molecule has 0 saturated carbocycles. The number of hydrogen-bond donors (Lipinski definition) is 1. The van der Waals surface area contributed by atoms with Gasteiger partial charge in [-0.25, -0.2) is 0 Å². The minimum absolute atomic E-state index is 0.0567. The van der Waals surface area contributed by atoms with Gasteiger partial charge in [-0.3, -0.25) is 14.6 Å². The number of carbonyl (C=O) groups excluding carboxylic acids is 2. The Labute approximate surface area is 183 Å². The molecule has 1 saturated heterocycles. The maximum Gasteiger partial charge on any atom is 0.295 e. The van der Waals surface area contributed by atoms with Gasteiger partial charge in [0.15, 0.2) is 0 Å². The molecule has 1 atom stereocenters. The Bertz CT molecular complexity index is 956. The van der Waals surface area contributed by atoms with Crippen LogP contribution in [-0.4, -0.2) is 65.4 Å². The first-order valence-electron chi connectivity index (χ1n) is 10.5. The van der Waals surface area contributed by atoms with Crippen LogP contribution in [0, 0.1) is 0 Å². The molecule has 2 aromatic rings. The number of benzene rings is 1. The zero-order chi connectivity index (χ0) is 22.4. The van der Waals surface area contributed by atoms with Crippen molar-refractivity contribution in [1.82, 2.24) is 14.8 Å². The Hall–Kier alpha value is -3.19. The van der Waals surface area contributed by atoms with Crippen LogP contribution >= 0.6 is 0 Å². The van der Waals surface area contributed by atoms with E-state index in [1.165, 1.54) is 4.90 Å². The molecule has 0 spiro atoms. The highest BCUT2D eigenvalue weighted by atomic mass is 16.5. The van der Waals surface area contributed by atoms with Crippen molar-refractivity contribution >= 4 is 17.4 Å². The van der Waals surface area contributed by atoms with E-state index in [0.29, 0.717) is 36.6 Å². The highest BCUT2D eigenvalue weighted by molar-refractivity contribution is 6.46. The summed E-state index contributed by atoms with van der Waals surface area (Å²) in [5.41, 5.74) is 1.04. The third kappa shape index (κ3) is 5.11. The molecular formula is C24H29N3O4. The summed E-state index contributed by atoms with van der Waals surface area (Å²) >= 11 is 0. The van der Waals surface area contributed by atoms with Gasteiger partial charge in [0.05, 0.1) is 17.9 Å². The molecule has 1 amide bonds. The summed E-state index contributed by atoms with van der Waals surface area (Å²) in [6, 6.07) is 11.5. The normalized spacial score (nSPS) is 18.1. The van der Waals surface area contributed by atoms with E-state index in [0.717, 1.165) is 13.0 Å². The van der Waals surface area contributed by atoms with Gasteiger partial charge in [0.1, 0.15) is 17.6 Å². The van der Waals surface area contributed by atoms with Gasteiger partial charge < -0.3 is 19.6 Å². The molecule has 1 aliphatic heterocycles. The molecule has 1 aromatic carbocycles. The maximum atomic E-state index is 13.0. The van der Waals surface area contributed by atoms with Gasteiger partial charge in [-0.15, -0.1) is 0 Å². The minimum Gasteiger partial charge on any atom is -0.507 e. The number of rotatable bonds is 9. The number of ether oxygens (including phenoxy) is 1. The Balaban J connectivity index is 2.03. The van der Waals surface area contributed by atoms with Crippen LogP contribution < -0.4 is 4.74 Å². The summed E-state index contributed by atoms with van der Waals surface area (Å²) < 4.78 is 5.65. The average molecular weight is 424 g/mol. The molecule has 7 nitrogen and oxygen atoms in total. The van der Waals surface area contributed by atoms with Gasteiger partial charge in [-0.2, -0.15) is 0 Å². The fourth-order valence-electron chi connectivity index (χ4n) is 3.62. The molecule has 1 aliphatic rings. The number of aromatic nitrogens is 1. The fraction of sp³-hybridized carbons (Fsp3) is 0.375. The van der Waals surface area contributed by atoms with Crippen molar-refractivity contribution in [3.8, 4) is 5.75 Å². The monoisotopic (exact) mass is 423 g/mol. The highest BCUT2D eigenvalue weighted by Crippen LogP contribution is 2.39. The standard InChI is InChI=1S/C24H29N3O4/c1-4-15-31-18-10-7-9-17(16-18)22(28)20-21(19-11-5-6-12-25-19)27(24(30)23(20)29)14-8-13-26(2)3/h5-7,9-12,16,21,28H,4,8,13-15H2,1-3H3/b22-20-. The van der Waals surface area contributed by atoms with Crippen molar-refractivity contribution in [1.29, 1.82) is 0 Å². The maximum absolute atomic E-state index is 13.0.